The van der Waals surface area contributed by atoms with Gasteiger partial charge in [-0.05, 0) is 49.8 Å². The molecule has 0 atom stereocenters. The fourth-order valence-corrected chi connectivity index (χ4v) is 2.89. The van der Waals surface area contributed by atoms with E-state index >= 15 is 0 Å². The monoisotopic (exact) mass is 302 g/mol. The molecule has 1 heterocycles. The molecular weight excluding hydrogens is 276 g/mol. The summed E-state index contributed by atoms with van der Waals surface area (Å²) in [4.78, 5) is 28.0. The third-order valence-corrected chi connectivity index (χ3v) is 4.68. The Bertz CT molecular complexity index is 560. The fourth-order valence-electron chi connectivity index (χ4n) is 2.89. The summed E-state index contributed by atoms with van der Waals surface area (Å²) < 4.78 is 0. The number of anilines is 1. The zero-order chi connectivity index (χ0) is 16.3. The third kappa shape index (κ3) is 3.67. The van der Waals surface area contributed by atoms with E-state index < -0.39 is 0 Å². The molecule has 0 aliphatic carbocycles. The number of likely N-dealkylation sites (tertiary alicyclic amines) is 1. The van der Waals surface area contributed by atoms with Gasteiger partial charge in [-0.1, -0.05) is 19.1 Å². The summed E-state index contributed by atoms with van der Waals surface area (Å²) in [5.41, 5.74) is 3.02. The molecule has 2 rings (SSSR count). The highest BCUT2D eigenvalue weighted by molar-refractivity contribution is 5.98. The van der Waals surface area contributed by atoms with Crippen LogP contribution in [-0.2, 0) is 9.59 Å². The SMILES string of the molecule is CC(=O)N(CC(=O)N1CCC(C)CC1)c1cccc(C)c1C. The van der Waals surface area contributed by atoms with E-state index in [9.17, 15) is 9.59 Å². The molecule has 0 spiro atoms. The molecule has 1 aliphatic heterocycles. The molecule has 22 heavy (non-hydrogen) atoms. The van der Waals surface area contributed by atoms with Crippen molar-refractivity contribution in [3.63, 3.8) is 0 Å². The Morgan fingerprint density at radius 1 is 1.23 bits per heavy atom. The second-order valence-electron chi connectivity index (χ2n) is 6.39. The molecule has 0 aromatic heterocycles. The van der Waals surface area contributed by atoms with Crippen LogP contribution >= 0.6 is 0 Å². The van der Waals surface area contributed by atoms with Gasteiger partial charge in [0.25, 0.3) is 0 Å². The summed E-state index contributed by atoms with van der Waals surface area (Å²) >= 11 is 0. The highest BCUT2D eigenvalue weighted by Crippen LogP contribution is 2.23. The Hall–Kier alpha value is -1.84. The molecule has 0 radical (unpaired) electrons. The molecule has 4 heteroatoms. The summed E-state index contributed by atoms with van der Waals surface area (Å²) in [6, 6.07) is 5.86. The molecule has 1 saturated heterocycles. The lowest BCUT2D eigenvalue weighted by molar-refractivity contribution is -0.132. The molecular formula is C18H26N2O2. The number of aryl methyl sites for hydroxylation is 1. The smallest absolute Gasteiger partial charge is 0.242 e. The van der Waals surface area contributed by atoms with Crippen LogP contribution in [0, 0.1) is 19.8 Å². The van der Waals surface area contributed by atoms with Crippen LogP contribution in [0.15, 0.2) is 18.2 Å². The van der Waals surface area contributed by atoms with Gasteiger partial charge in [0.05, 0.1) is 0 Å². The van der Waals surface area contributed by atoms with Gasteiger partial charge in [-0.2, -0.15) is 0 Å². The molecule has 4 nitrogen and oxygen atoms in total. The average Bonchev–Trinajstić information content (AvgIpc) is 2.48. The van der Waals surface area contributed by atoms with Crippen molar-refractivity contribution in [1.29, 1.82) is 0 Å². The number of nitrogens with zero attached hydrogens (tertiary/aromatic N) is 2. The van der Waals surface area contributed by atoms with Crippen LogP contribution in [0.2, 0.25) is 0 Å². The van der Waals surface area contributed by atoms with Crippen molar-refractivity contribution in [3.8, 4) is 0 Å². The standard InChI is InChI=1S/C18H26N2O2/c1-13-8-10-19(11-9-13)18(22)12-20(16(4)21)17-7-5-6-14(2)15(17)3/h5-7,13H,8-12H2,1-4H3. The van der Waals surface area contributed by atoms with Gasteiger partial charge in [0.2, 0.25) is 11.8 Å². The predicted molar refractivity (Wildman–Crippen MR) is 88.9 cm³/mol. The van der Waals surface area contributed by atoms with Gasteiger partial charge in [0, 0.05) is 25.7 Å². The van der Waals surface area contributed by atoms with Gasteiger partial charge < -0.3 is 9.80 Å². The van der Waals surface area contributed by atoms with Crippen molar-refractivity contribution < 1.29 is 9.59 Å². The molecule has 1 fully saturated rings. The highest BCUT2D eigenvalue weighted by atomic mass is 16.2. The molecule has 120 valence electrons. The van der Waals surface area contributed by atoms with Crippen molar-refractivity contribution in [2.45, 2.75) is 40.5 Å². The molecule has 0 saturated carbocycles. The van der Waals surface area contributed by atoms with E-state index in [1.165, 1.54) is 6.92 Å². The molecule has 0 unspecified atom stereocenters. The summed E-state index contributed by atoms with van der Waals surface area (Å²) in [5.74, 6) is 0.641. The molecule has 1 aromatic carbocycles. The highest BCUT2D eigenvalue weighted by Gasteiger charge is 2.24. The van der Waals surface area contributed by atoms with Gasteiger partial charge in [-0.15, -0.1) is 0 Å². The predicted octanol–water partition coefficient (Wildman–Crippen LogP) is 2.91. The molecule has 1 aromatic rings. The number of hydrogen-bond acceptors (Lipinski definition) is 2. The maximum absolute atomic E-state index is 12.5. The zero-order valence-electron chi connectivity index (χ0n) is 14.1. The van der Waals surface area contributed by atoms with Gasteiger partial charge in [0.1, 0.15) is 6.54 Å². The van der Waals surface area contributed by atoms with Crippen LogP contribution < -0.4 is 4.90 Å². The Balaban J connectivity index is 2.14. The van der Waals surface area contributed by atoms with E-state index in [4.69, 9.17) is 0 Å². The van der Waals surface area contributed by atoms with Crippen LogP contribution in [-0.4, -0.2) is 36.3 Å². The minimum Gasteiger partial charge on any atom is -0.341 e. The van der Waals surface area contributed by atoms with Crippen LogP contribution in [0.25, 0.3) is 0 Å². The quantitative estimate of drug-likeness (QED) is 0.861. The number of benzene rings is 1. The van der Waals surface area contributed by atoms with Gasteiger partial charge >= 0.3 is 0 Å². The summed E-state index contributed by atoms with van der Waals surface area (Å²) in [6.07, 6.45) is 2.10. The molecule has 1 aliphatic rings. The maximum atomic E-state index is 12.5. The molecule has 0 bridgehead atoms. The Morgan fingerprint density at radius 3 is 2.45 bits per heavy atom. The fraction of sp³-hybridized carbons (Fsp3) is 0.556. The number of hydrogen-bond donors (Lipinski definition) is 0. The Kier molecular flexibility index (Phi) is 5.22. The van der Waals surface area contributed by atoms with E-state index in [2.05, 4.69) is 6.92 Å². The van der Waals surface area contributed by atoms with Crippen molar-refractivity contribution in [1.82, 2.24) is 4.90 Å². The number of carbonyl (C=O) groups is 2. The average molecular weight is 302 g/mol. The van der Waals surface area contributed by atoms with Crippen LogP contribution in [0.5, 0.6) is 0 Å². The zero-order valence-corrected chi connectivity index (χ0v) is 14.1. The lowest BCUT2D eigenvalue weighted by Gasteiger charge is -2.32. The number of amides is 2. The van der Waals surface area contributed by atoms with E-state index in [1.54, 1.807) is 4.90 Å². The number of carbonyl (C=O) groups excluding carboxylic acids is 2. The van der Waals surface area contributed by atoms with Gasteiger partial charge in [0.15, 0.2) is 0 Å². The first kappa shape index (κ1) is 16.5. The lowest BCUT2D eigenvalue weighted by Crippen LogP contribution is -2.45. The first-order chi connectivity index (χ1) is 10.4. The summed E-state index contributed by atoms with van der Waals surface area (Å²) in [5, 5.41) is 0. The third-order valence-electron chi connectivity index (χ3n) is 4.68. The Morgan fingerprint density at radius 2 is 1.86 bits per heavy atom. The first-order valence-corrected chi connectivity index (χ1v) is 8.02. The lowest BCUT2D eigenvalue weighted by atomic mass is 9.99. The van der Waals surface area contributed by atoms with Crippen molar-refractivity contribution in [2.24, 2.45) is 5.92 Å². The normalized spacial score (nSPS) is 15.7. The van der Waals surface area contributed by atoms with E-state index in [-0.39, 0.29) is 18.4 Å². The van der Waals surface area contributed by atoms with Crippen molar-refractivity contribution >= 4 is 17.5 Å². The molecule has 0 N–H and O–H groups in total. The van der Waals surface area contributed by atoms with E-state index in [1.807, 2.05) is 36.9 Å². The first-order valence-electron chi connectivity index (χ1n) is 8.02. The maximum Gasteiger partial charge on any atom is 0.242 e. The van der Waals surface area contributed by atoms with Crippen LogP contribution in [0.4, 0.5) is 5.69 Å². The number of piperidine rings is 1. The second-order valence-corrected chi connectivity index (χ2v) is 6.39. The Labute approximate surface area is 133 Å². The molecule has 2 amide bonds. The second kappa shape index (κ2) is 6.95. The minimum absolute atomic E-state index is 0.0445. The summed E-state index contributed by atoms with van der Waals surface area (Å²) in [6.45, 7) is 9.50. The van der Waals surface area contributed by atoms with E-state index in [0.29, 0.717) is 5.92 Å². The van der Waals surface area contributed by atoms with E-state index in [0.717, 1.165) is 42.7 Å². The van der Waals surface area contributed by atoms with Crippen molar-refractivity contribution in [3.05, 3.63) is 29.3 Å². The van der Waals surface area contributed by atoms with Gasteiger partial charge in [-0.25, -0.2) is 0 Å². The minimum atomic E-state index is -0.0903. The summed E-state index contributed by atoms with van der Waals surface area (Å²) in [7, 11) is 0. The largest absolute Gasteiger partial charge is 0.341 e. The van der Waals surface area contributed by atoms with Crippen molar-refractivity contribution in [2.75, 3.05) is 24.5 Å². The van der Waals surface area contributed by atoms with Crippen LogP contribution in [0.1, 0.15) is 37.8 Å². The van der Waals surface area contributed by atoms with Crippen LogP contribution in [0.3, 0.4) is 0 Å². The van der Waals surface area contributed by atoms with Gasteiger partial charge in [-0.3, -0.25) is 9.59 Å². The number of rotatable bonds is 3. The topological polar surface area (TPSA) is 40.6 Å².